The molecule has 1 saturated heterocycles. The van der Waals surface area contributed by atoms with Crippen molar-refractivity contribution in [1.29, 1.82) is 0 Å². The van der Waals surface area contributed by atoms with E-state index in [1.165, 1.54) is 6.20 Å². The van der Waals surface area contributed by atoms with Gasteiger partial charge in [0.1, 0.15) is 6.61 Å². The zero-order valence-corrected chi connectivity index (χ0v) is 12.1. The largest absolute Gasteiger partial charge is 0.384 e. The monoisotopic (exact) mass is 288 g/mol. The molecule has 1 aromatic rings. The van der Waals surface area contributed by atoms with Gasteiger partial charge >= 0.3 is 0 Å². The number of carbonyl (C=O) groups is 1. The van der Waals surface area contributed by atoms with Crippen molar-refractivity contribution in [1.82, 2.24) is 10.3 Å². The number of hydrogen-bond acceptors (Lipinski definition) is 4. The molecule has 1 atom stereocenters. The lowest BCUT2D eigenvalue weighted by atomic mass is 9.93. The number of aliphatic hydroxyl groups excluding tert-OH is 1. The molecule has 21 heavy (non-hydrogen) atoms. The van der Waals surface area contributed by atoms with E-state index in [-0.39, 0.29) is 18.6 Å². The Balaban J connectivity index is 1.99. The van der Waals surface area contributed by atoms with E-state index < -0.39 is 0 Å². The summed E-state index contributed by atoms with van der Waals surface area (Å²) in [5, 5.41) is 11.7. The van der Waals surface area contributed by atoms with Crippen LogP contribution in [0.4, 0.5) is 0 Å². The van der Waals surface area contributed by atoms with Crippen LogP contribution in [-0.4, -0.2) is 41.9 Å². The van der Waals surface area contributed by atoms with Crippen LogP contribution in [-0.2, 0) is 4.74 Å². The average molecular weight is 288 g/mol. The van der Waals surface area contributed by atoms with Crippen LogP contribution < -0.4 is 5.32 Å². The van der Waals surface area contributed by atoms with Crippen LogP contribution in [0.5, 0.6) is 0 Å². The maximum Gasteiger partial charge on any atom is 0.253 e. The lowest BCUT2D eigenvalue weighted by Gasteiger charge is -2.28. The first-order chi connectivity index (χ1) is 10.2. The van der Waals surface area contributed by atoms with Gasteiger partial charge in [-0.25, -0.2) is 0 Å². The summed E-state index contributed by atoms with van der Waals surface area (Å²) in [5.74, 6) is 5.60. The zero-order chi connectivity index (χ0) is 15.1. The van der Waals surface area contributed by atoms with Crippen LogP contribution in [0.2, 0.25) is 0 Å². The molecule has 2 rings (SSSR count). The van der Waals surface area contributed by atoms with Gasteiger partial charge in [-0.05, 0) is 31.7 Å². The fourth-order valence-corrected chi connectivity index (χ4v) is 2.40. The number of amides is 1. The number of nitrogens with zero attached hydrogens (tertiary/aromatic N) is 1. The molecule has 1 unspecified atom stereocenters. The highest BCUT2D eigenvalue weighted by atomic mass is 16.5. The van der Waals surface area contributed by atoms with Gasteiger partial charge in [-0.3, -0.25) is 9.78 Å². The van der Waals surface area contributed by atoms with Crippen molar-refractivity contribution in [3.8, 4) is 11.8 Å². The van der Waals surface area contributed by atoms with E-state index in [9.17, 15) is 4.79 Å². The smallest absolute Gasteiger partial charge is 0.253 e. The Labute approximate surface area is 124 Å². The highest BCUT2D eigenvalue weighted by molar-refractivity contribution is 5.94. The van der Waals surface area contributed by atoms with E-state index in [4.69, 9.17) is 9.84 Å². The van der Waals surface area contributed by atoms with Gasteiger partial charge in [-0.1, -0.05) is 11.8 Å². The van der Waals surface area contributed by atoms with Crippen LogP contribution in [0.3, 0.4) is 0 Å². The van der Waals surface area contributed by atoms with Gasteiger partial charge in [0.15, 0.2) is 0 Å². The predicted molar refractivity (Wildman–Crippen MR) is 78.7 cm³/mol. The van der Waals surface area contributed by atoms with Gasteiger partial charge in [0.2, 0.25) is 0 Å². The number of aromatic nitrogens is 1. The first kappa shape index (κ1) is 15.5. The maximum atomic E-state index is 12.2. The van der Waals surface area contributed by atoms with E-state index >= 15 is 0 Å². The lowest BCUT2D eigenvalue weighted by Crippen LogP contribution is -2.40. The van der Waals surface area contributed by atoms with Crippen molar-refractivity contribution < 1.29 is 14.6 Å². The van der Waals surface area contributed by atoms with Crippen molar-refractivity contribution in [2.75, 3.05) is 19.8 Å². The second-order valence-electron chi connectivity index (χ2n) is 5.13. The number of nitrogens with one attached hydrogen (secondary N) is 1. The van der Waals surface area contributed by atoms with Gasteiger partial charge in [0, 0.05) is 37.2 Å². The average Bonchev–Trinajstić information content (AvgIpc) is 2.54. The summed E-state index contributed by atoms with van der Waals surface area (Å²) < 4.78 is 5.33. The molecular weight excluding hydrogens is 268 g/mol. The summed E-state index contributed by atoms with van der Waals surface area (Å²) in [6.45, 7) is 3.34. The topological polar surface area (TPSA) is 71.5 Å². The Bertz CT molecular complexity index is 542. The Hall–Kier alpha value is -1.90. The molecule has 0 aliphatic carbocycles. The molecule has 0 radical (unpaired) electrons. The molecule has 0 bridgehead atoms. The number of rotatable bonds is 3. The zero-order valence-electron chi connectivity index (χ0n) is 12.1. The van der Waals surface area contributed by atoms with Crippen molar-refractivity contribution in [3.63, 3.8) is 0 Å². The first-order valence-corrected chi connectivity index (χ1v) is 7.14. The second-order valence-corrected chi connectivity index (χ2v) is 5.13. The van der Waals surface area contributed by atoms with Crippen molar-refractivity contribution in [3.05, 3.63) is 29.6 Å². The normalized spacial score (nSPS) is 16.7. The summed E-state index contributed by atoms with van der Waals surface area (Å²) in [4.78, 5) is 16.3. The summed E-state index contributed by atoms with van der Waals surface area (Å²) in [6, 6.07) is 1.79. The molecule has 0 aromatic carbocycles. The molecule has 5 nitrogen and oxygen atoms in total. The quantitative estimate of drug-likeness (QED) is 0.813. The first-order valence-electron chi connectivity index (χ1n) is 7.14. The van der Waals surface area contributed by atoms with E-state index in [1.54, 1.807) is 12.3 Å². The van der Waals surface area contributed by atoms with Gasteiger partial charge < -0.3 is 15.2 Å². The van der Waals surface area contributed by atoms with Gasteiger partial charge in [-0.2, -0.15) is 0 Å². The summed E-state index contributed by atoms with van der Waals surface area (Å²) in [6.07, 6.45) is 5.04. The van der Waals surface area contributed by atoms with E-state index in [0.717, 1.165) is 26.1 Å². The molecular formula is C16H20N2O3. The molecule has 0 spiro atoms. The third kappa shape index (κ3) is 4.55. The van der Waals surface area contributed by atoms with E-state index in [0.29, 0.717) is 17.0 Å². The molecule has 2 N–H and O–H groups in total. The van der Waals surface area contributed by atoms with Crippen LogP contribution in [0.15, 0.2) is 18.5 Å². The summed E-state index contributed by atoms with van der Waals surface area (Å²) in [5.41, 5.74) is 1.11. The van der Waals surface area contributed by atoms with E-state index in [2.05, 4.69) is 22.1 Å². The standard InChI is InChI=1S/C16H20N2O3/c1-12(14-4-7-21-8-5-14)18-16(20)15-9-13(3-2-6-19)10-17-11-15/h9-12,14,19H,4-8H2,1H3,(H,18,20). The minimum absolute atomic E-state index is 0.105. The fourth-order valence-electron chi connectivity index (χ4n) is 2.40. The highest BCUT2D eigenvalue weighted by Crippen LogP contribution is 2.18. The molecule has 0 saturated carbocycles. The number of aliphatic hydroxyl groups is 1. The summed E-state index contributed by atoms with van der Waals surface area (Å²) in [7, 11) is 0. The Kier molecular flexibility index (Phi) is 5.73. The van der Waals surface area contributed by atoms with Gasteiger partial charge in [0.05, 0.1) is 5.56 Å². The van der Waals surface area contributed by atoms with Crippen LogP contribution in [0.1, 0.15) is 35.7 Å². The molecule has 5 heteroatoms. The minimum atomic E-state index is -0.211. The Morgan fingerprint density at radius 3 is 3.00 bits per heavy atom. The Morgan fingerprint density at radius 1 is 1.52 bits per heavy atom. The molecule has 112 valence electrons. The fraction of sp³-hybridized carbons (Fsp3) is 0.500. The van der Waals surface area contributed by atoms with Gasteiger partial charge in [-0.15, -0.1) is 0 Å². The van der Waals surface area contributed by atoms with Crippen molar-refractivity contribution in [2.45, 2.75) is 25.8 Å². The van der Waals surface area contributed by atoms with Gasteiger partial charge in [0.25, 0.3) is 5.91 Å². The number of hydrogen-bond donors (Lipinski definition) is 2. The molecule has 1 fully saturated rings. The molecule has 1 aliphatic heterocycles. The molecule has 1 aliphatic rings. The van der Waals surface area contributed by atoms with Crippen molar-refractivity contribution in [2.24, 2.45) is 5.92 Å². The third-order valence-electron chi connectivity index (χ3n) is 3.64. The lowest BCUT2D eigenvalue weighted by molar-refractivity contribution is 0.0538. The molecule has 1 amide bonds. The Morgan fingerprint density at radius 2 is 2.29 bits per heavy atom. The van der Waals surface area contributed by atoms with Crippen LogP contribution in [0.25, 0.3) is 0 Å². The summed E-state index contributed by atoms with van der Waals surface area (Å²) >= 11 is 0. The van der Waals surface area contributed by atoms with Crippen LogP contribution in [0, 0.1) is 17.8 Å². The van der Waals surface area contributed by atoms with Crippen LogP contribution >= 0.6 is 0 Å². The van der Waals surface area contributed by atoms with E-state index in [1.807, 2.05) is 6.92 Å². The predicted octanol–water partition coefficient (Wildman–Crippen LogP) is 0.970. The highest BCUT2D eigenvalue weighted by Gasteiger charge is 2.22. The minimum Gasteiger partial charge on any atom is -0.384 e. The maximum absolute atomic E-state index is 12.2. The number of pyridine rings is 1. The third-order valence-corrected chi connectivity index (χ3v) is 3.64. The SMILES string of the molecule is CC(NC(=O)c1cncc(C#CCO)c1)C1CCOCC1. The van der Waals surface area contributed by atoms with Crippen molar-refractivity contribution >= 4 is 5.91 Å². The number of carbonyl (C=O) groups excluding carboxylic acids is 1. The number of ether oxygens (including phenoxy) is 1. The second kappa shape index (κ2) is 7.77. The molecule has 1 aromatic heterocycles. The molecule has 2 heterocycles.